The van der Waals surface area contributed by atoms with Crippen LogP contribution in [0.25, 0.3) is 10.2 Å². The Morgan fingerprint density at radius 3 is 2.43 bits per heavy atom. The average Bonchev–Trinajstić information content (AvgIpc) is 3.22. The molecule has 8 heteroatoms. The molecule has 0 aliphatic heterocycles. The number of rotatable bonds is 8. The summed E-state index contributed by atoms with van der Waals surface area (Å²) in [6.07, 6.45) is 4.79. The third-order valence-corrected chi connectivity index (χ3v) is 7.32. The van der Waals surface area contributed by atoms with Gasteiger partial charge in [-0.3, -0.25) is 4.79 Å². The van der Waals surface area contributed by atoms with E-state index in [1.807, 2.05) is 36.4 Å². The number of aliphatic hydroxyl groups excluding tert-OH is 1. The zero-order valence-corrected chi connectivity index (χ0v) is 20.3. The summed E-state index contributed by atoms with van der Waals surface area (Å²) < 4.78 is 1.04. The van der Waals surface area contributed by atoms with E-state index in [1.165, 1.54) is 5.56 Å². The van der Waals surface area contributed by atoms with Crippen molar-refractivity contribution < 1.29 is 9.90 Å². The summed E-state index contributed by atoms with van der Waals surface area (Å²) in [5.74, 6) is 0.299. The summed E-state index contributed by atoms with van der Waals surface area (Å²) in [5, 5.41) is 14.3. The van der Waals surface area contributed by atoms with Gasteiger partial charge in [0.1, 0.15) is 0 Å². The highest BCUT2D eigenvalue weighted by Crippen LogP contribution is 2.26. The van der Waals surface area contributed by atoms with Gasteiger partial charge in [0.2, 0.25) is 11.9 Å². The number of carbonyl (C=O) groups excluding carboxylic acids is 1. The summed E-state index contributed by atoms with van der Waals surface area (Å²) in [7, 11) is 0. The molecule has 4 N–H and O–H groups in total. The minimum atomic E-state index is -0.339. The first-order valence-corrected chi connectivity index (χ1v) is 12.8. The Bertz CT molecular complexity index is 1320. The van der Waals surface area contributed by atoms with Crippen molar-refractivity contribution in [1.82, 2.24) is 15.0 Å². The number of benzene rings is 2. The standard InChI is InChI=1S/C27H29N5O2S/c28-25(34)14-18-6-11-23-24(13-18)35-26(32-23)16-21-15-20(12-17-4-2-1-3-5-17)30-27(31-21)29-19-7-9-22(33)10-8-19/h1-6,11,13,15,19,22,33H,7-10,12,14,16H2,(H2,28,34)(H,29,30,31). The molecular formula is C27H29N5O2S. The van der Waals surface area contributed by atoms with Crippen LogP contribution in [0, 0.1) is 0 Å². The van der Waals surface area contributed by atoms with Crippen molar-refractivity contribution in [3.05, 3.63) is 82.1 Å². The Morgan fingerprint density at radius 1 is 0.943 bits per heavy atom. The van der Waals surface area contributed by atoms with E-state index in [-0.39, 0.29) is 24.5 Å². The number of nitrogens with two attached hydrogens (primary N) is 1. The van der Waals surface area contributed by atoms with E-state index in [0.717, 1.165) is 64.3 Å². The van der Waals surface area contributed by atoms with Gasteiger partial charge in [0, 0.05) is 18.9 Å². The molecule has 35 heavy (non-hydrogen) atoms. The van der Waals surface area contributed by atoms with Gasteiger partial charge in [-0.1, -0.05) is 36.4 Å². The van der Waals surface area contributed by atoms with E-state index in [9.17, 15) is 9.90 Å². The number of amides is 1. The predicted octanol–water partition coefficient (Wildman–Crippen LogP) is 4.01. The van der Waals surface area contributed by atoms with Crippen molar-refractivity contribution >= 4 is 33.4 Å². The molecule has 2 heterocycles. The number of aromatic nitrogens is 3. The number of anilines is 1. The van der Waals surface area contributed by atoms with Crippen LogP contribution in [-0.4, -0.2) is 38.1 Å². The third kappa shape index (κ3) is 6.21. The SMILES string of the molecule is NC(=O)Cc1ccc2nc(Cc3cc(Cc4ccccc4)nc(NC4CCC(O)CC4)n3)sc2c1. The lowest BCUT2D eigenvalue weighted by atomic mass is 9.93. The van der Waals surface area contributed by atoms with Crippen LogP contribution in [0.3, 0.4) is 0 Å². The van der Waals surface area contributed by atoms with Crippen molar-refractivity contribution in [2.45, 2.75) is 57.1 Å². The first kappa shape index (κ1) is 23.4. The molecule has 1 fully saturated rings. The molecule has 0 bridgehead atoms. The smallest absolute Gasteiger partial charge is 0.223 e. The largest absolute Gasteiger partial charge is 0.393 e. The van der Waals surface area contributed by atoms with Gasteiger partial charge >= 0.3 is 0 Å². The highest BCUT2D eigenvalue weighted by Gasteiger charge is 2.20. The van der Waals surface area contributed by atoms with E-state index in [2.05, 4.69) is 23.5 Å². The molecule has 2 aromatic heterocycles. The maximum Gasteiger partial charge on any atom is 0.223 e. The normalized spacial score (nSPS) is 18.0. The van der Waals surface area contributed by atoms with E-state index < -0.39 is 0 Å². The molecule has 1 saturated carbocycles. The zero-order valence-electron chi connectivity index (χ0n) is 19.5. The van der Waals surface area contributed by atoms with Crippen LogP contribution in [0.4, 0.5) is 5.95 Å². The van der Waals surface area contributed by atoms with Crippen molar-refractivity contribution in [3.8, 4) is 0 Å². The lowest BCUT2D eigenvalue weighted by Gasteiger charge is -2.26. The Morgan fingerprint density at radius 2 is 1.69 bits per heavy atom. The number of fused-ring (bicyclic) bond motifs is 1. The number of thiazole rings is 1. The monoisotopic (exact) mass is 487 g/mol. The number of nitrogens with zero attached hydrogens (tertiary/aromatic N) is 3. The first-order valence-electron chi connectivity index (χ1n) is 12.0. The van der Waals surface area contributed by atoms with Gasteiger partial charge < -0.3 is 16.2 Å². The molecule has 0 saturated heterocycles. The molecular weight excluding hydrogens is 458 g/mol. The molecule has 0 atom stereocenters. The van der Waals surface area contributed by atoms with Gasteiger partial charge in [-0.05, 0) is 55.0 Å². The van der Waals surface area contributed by atoms with Gasteiger partial charge in [-0.25, -0.2) is 15.0 Å². The van der Waals surface area contributed by atoms with Gasteiger partial charge in [0.15, 0.2) is 0 Å². The predicted molar refractivity (Wildman–Crippen MR) is 138 cm³/mol. The molecule has 1 amide bonds. The first-order chi connectivity index (χ1) is 17.0. The molecule has 0 radical (unpaired) electrons. The highest BCUT2D eigenvalue weighted by atomic mass is 32.1. The molecule has 4 aromatic rings. The second-order valence-corrected chi connectivity index (χ2v) is 10.3. The fourth-order valence-electron chi connectivity index (χ4n) is 4.57. The van der Waals surface area contributed by atoms with E-state index in [4.69, 9.17) is 20.7 Å². The van der Waals surface area contributed by atoms with Gasteiger partial charge in [0.25, 0.3) is 0 Å². The van der Waals surface area contributed by atoms with Gasteiger partial charge in [-0.2, -0.15) is 0 Å². The van der Waals surface area contributed by atoms with Gasteiger partial charge in [0.05, 0.1) is 39.1 Å². The third-order valence-electron chi connectivity index (χ3n) is 6.30. The molecule has 1 aliphatic carbocycles. The highest BCUT2D eigenvalue weighted by molar-refractivity contribution is 7.18. The molecule has 0 spiro atoms. The van der Waals surface area contributed by atoms with Crippen molar-refractivity contribution in [2.24, 2.45) is 5.73 Å². The minimum Gasteiger partial charge on any atom is -0.393 e. The Kier molecular flexibility index (Phi) is 7.01. The average molecular weight is 488 g/mol. The Hall–Kier alpha value is -3.36. The fraction of sp³-hybridized carbons (Fsp3) is 0.333. The zero-order chi connectivity index (χ0) is 24.2. The maximum absolute atomic E-state index is 11.3. The molecule has 5 rings (SSSR count). The van der Waals surface area contributed by atoms with Crippen molar-refractivity contribution in [2.75, 3.05) is 5.32 Å². The summed E-state index contributed by atoms with van der Waals surface area (Å²) >= 11 is 1.61. The second kappa shape index (κ2) is 10.5. The van der Waals surface area contributed by atoms with Crippen LogP contribution in [0.1, 0.15) is 53.2 Å². The summed E-state index contributed by atoms with van der Waals surface area (Å²) in [5.41, 5.74) is 10.2. The van der Waals surface area contributed by atoms with Crippen LogP contribution in [0.2, 0.25) is 0 Å². The van der Waals surface area contributed by atoms with Crippen molar-refractivity contribution in [3.63, 3.8) is 0 Å². The van der Waals surface area contributed by atoms with Crippen molar-refractivity contribution in [1.29, 1.82) is 0 Å². The number of aliphatic hydroxyl groups is 1. The lowest BCUT2D eigenvalue weighted by molar-refractivity contribution is -0.117. The number of hydrogen-bond acceptors (Lipinski definition) is 7. The van der Waals surface area contributed by atoms with Crippen LogP contribution in [0.5, 0.6) is 0 Å². The Balaban J connectivity index is 1.40. The molecule has 180 valence electrons. The fourth-order valence-corrected chi connectivity index (χ4v) is 5.61. The molecule has 1 aliphatic rings. The van der Waals surface area contributed by atoms with E-state index in [0.29, 0.717) is 12.4 Å². The quantitative estimate of drug-likeness (QED) is 0.346. The number of carbonyl (C=O) groups is 1. The maximum atomic E-state index is 11.3. The molecule has 2 aromatic carbocycles. The second-order valence-electron chi connectivity index (χ2n) is 9.22. The Labute approximate surface area is 208 Å². The summed E-state index contributed by atoms with van der Waals surface area (Å²) in [6, 6.07) is 18.5. The lowest BCUT2D eigenvalue weighted by Crippen LogP contribution is -2.29. The van der Waals surface area contributed by atoms with E-state index >= 15 is 0 Å². The summed E-state index contributed by atoms with van der Waals surface area (Å²) in [4.78, 5) is 25.7. The van der Waals surface area contributed by atoms with Crippen LogP contribution in [-0.2, 0) is 24.1 Å². The topological polar surface area (TPSA) is 114 Å². The van der Waals surface area contributed by atoms with Gasteiger partial charge in [-0.15, -0.1) is 11.3 Å². The molecule has 0 unspecified atom stereocenters. The van der Waals surface area contributed by atoms with Crippen LogP contribution >= 0.6 is 11.3 Å². The van der Waals surface area contributed by atoms with Crippen LogP contribution in [0.15, 0.2) is 54.6 Å². The number of hydrogen-bond donors (Lipinski definition) is 3. The number of nitrogens with one attached hydrogen (secondary N) is 1. The number of primary amides is 1. The minimum absolute atomic E-state index is 0.198. The van der Waals surface area contributed by atoms with E-state index in [1.54, 1.807) is 11.3 Å². The summed E-state index contributed by atoms with van der Waals surface area (Å²) in [6.45, 7) is 0. The van der Waals surface area contributed by atoms with Crippen LogP contribution < -0.4 is 11.1 Å². The molecule has 7 nitrogen and oxygen atoms in total.